The summed E-state index contributed by atoms with van der Waals surface area (Å²) in [6, 6.07) is 17.6. The van der Waals surface area contributed by atoms with Crippen molar-refractivity contribution >= 4 is 64.1 Å². The summed E-state index contributed by atoms with van der Waals surface area (Å²) in [5.74, 6) is -1.42. The summed E-state index contributed by atoms with van der Waals surface area (Å²) in [7, 11) is 0. The Morgan fingerprint density at radius 2 is 1.45 bits per heavy atom. The first-order chi connectivity index (χ1) is 14.8. The lowest BCUT2D eigenvalue weighted by Crippen LogP contribution is -2.14. The van der Waals surface area contributed by atoms with Gasteiger partial charge in [0.25, 0.3) is 5.91 Å². The van der Waals surface area contributed by atoms with Crippen LogP contribution in [0.3, 0.4) is 0 Å². The van der Waals surface area contributed by atoms with Crippen LogP contribution >= 0.6 is 35.0 Å². The quantitative estimate of drug-likeness (QED) is 0.383. The molecule has 31 heavy (non-hydrogen) atoms. The van der Waals surface area contributed by atoms with E-state index in [4.69, 9.17) is 28.3 Å². The van der Waals surface area contributed by atoms with Crippen molar-refractivity contribution < 1.29 is 19.5 Å². The van der Waals surface area contributed by atoms with Crippen molar-refractivity contribution in [3.8, 4) is 0 Å². The third-order valence-electron chi connectivity index (χ3n) is 4.07. The molecule has 0 saturated heterocycles. The van der Waals surface area contributed by atoms with Gasteiger partial charge in [0.15, 0.2) is 0 Å². The Bertz CT molecular complexity index is 1120. The number of nitrogens with one attached hydrogen (secondary N) is 2. The normalized spacial score (nSPS) is 10.4. The van der Waals surface area contributed by atoms with Crippen molar-refractivity contribution in [3.63, 3.8) is 0 Å². The van der Waals surface area contributed by atoms with Crippen LogP contribution in [0.4, 0.5) is 11.4 Å². The number of hydrogen-bond donors (Lipinski definition) is 3. The average molecular weight is 475 g/mol. The Labute approximate surface area is 192 Å². The lowest BCUT2D eigenvalue weighted by Gasteiger charge is -2.08. The predicted molar refractivity (Wildman–Crippen MR) is 124 cm³/mol. The fourth-order valence-electron chi connectivity index (χ4n) is 2.55. The Balaban J connectivity index is 1.51. The highest BCUT2D eigenvalue weighted by Gasteiger charge is 2.11. The maximum absolute atomic E-state index is 12.3. The summed E-state index contributed by atoms with van der Waals surface area (Å²) < 4.78 is 0. The molecule has 0 aromatic heterocycles. The van der Waals surface area contributed by atoms with Crippen LogP contribution in [0.15, 0.2) is 71.6 Å². The smallest absolute Gasteiger partial charge is 0.335 e. The van der Waals surface area contributed by atoms with Gasteiger partial charge in [0.1, 0.15) is 0 Å². The molecule has 0 atom stereocenters. The number of carbonyl (C=O) groups excluding carboxylic acids is 2. The van der Waals surface area contributed by atoms with Gasteiger partial charge in [0.2, 0.25) is 5.91 Å². The van der Waals surface area contributed by atoms with Gasteiger partial charge in [-0.05, 0) is 66.7 Å². The second-order valence-electron chi connectivity index (χ2n) is 6.32. The summed E-state index contributed by atoms with van der Waals surface area (Å²) in [5, 5.41) is 15.1. The molecule has 0 bridgehead atoms. The topological polar surface area (TPSA) is 95.5 Å². The number of anilines is 2. The Hall–Kier alpha value is -3.00. The largest absolute Gasteiger partial charge is 0.478 e. The molecule has 0 aliphatic rings. The van der Waals surface area contributed by atoms with E-state index in [9.17, 15) is 14.4 Å². The number of aromatic carboxylic acids is 1. The molecule has 6 nitrogen and oxygen atoms in total. The molecule has 0 radical (unpaired) electrons. The molecule has 3 N–H and O–H groups in total. The third kappa shape index (κ3) is 6.49. The lowest BCUT2D eigenvalue weighted by atomic mass is 10.2. The number of carbonyl (C=O) groups is 3. The number of hydrogen-bond acceptors (Lipinski definition) is 4. The maximum atomic E-state index is 12.3. The number of benzene rings is 3. The number of rotatable bonds is 7. The molecule has 2 amide bonds. The zero-order chi connectivity index (χ0) is 22.4. The molecular weight excluding hydrogens is 459 g/mol. The van der Waals surface area contributed by atoms with Gasteiger partial charge < -0.3 is 15.7 Å². The minimum absolute atomic E-state index is 0.151. The standard InChI is InChI=1S/C22H16Cl2N2O4S/c23-14-3-10-18(19(24)11-14)21(28)26-16-6-8-17(9-7-16)31-12-20(27)25-15-4-1-13(2-5-15)22(29)30/h1-11H,12H2,(H,25,27)(H,26,28)(H,29,30). The van der Waals surface area contributed by atoms with Crippen LogP contribution in [-0.2, 0) is 4.79 Å². The molecule has 158 valence electrons. The van der Waals surface area contributed by atoms with Crippen molar-refractivity contribution in [1.82, 2.24) is 0 Å². The zero-order valence-electron chi connectivity index (χ0n) is 15.9. The van der Waals surface area contributed by atoms with Gasteiger partial charge in [-0.25, -0.2) is 4.79 Å². The van der Waals surface area contributed by atoms with E-state index >= 15 is 0 Å². The van der Waals surface area contributed by atoms with Crippen molar-refractivity contribution in [2.75, 3.05) is 16.4 Å². The highest BCUT2D eigenvalue weighted by molar-refractivity contribution is 8.00. The highest BCUT2D eigenvalue weighted by atomic mass is 35.5. The average Bonchev–Trinajstić information content (AvgIpc) is 2.73. The van der Waals surface area contributed by atoms with E-state index in [1.807, 2.05) is 0 Å². The van der Waals surface area contributed by atoms with Crippen LogP contribution in [0.25, 0.3) is 0 Å². The van der Waals surface area contributed by atoms with Gasteiger partial charge >= 0.3 is 5.97 Å². The van der Waals surface area contributed by atoms with E-state index in [2.05, 4.69) is 10.6 Å². The summed E-state index contributed by atoms with van der Waals surface area (Å²) in [6.07, 6.45) is 0. The van der Waals surface area contributed by atoms with Gasteiger partial charge in [0.05, 0.1) is 21.9 Å². The number of carboxylic acids is 1. The zero-order valence-corrected chi connectivity index (χ0v) is 18.2. The van der Waals surface area contributed by atoms with Gasteiger partial charge in [-0.15, -0.1) is 11.8 Å². The Morgan fingerprint density at radius 1 is 0.839 bits per heavy atom. The van der Waals surface area contributed by atoms with Crippen molar-refractivity contribution in [3.05, 3.63) is 87.9 Å². The monoisotopic (exact) mass is 474 g/mol. The molecule has 9 heteroatoms. The summed E-state index contributed by atoms with van der Waals surface area (Å²) >= 11 is 13.2. The lowest BCUT2D eigenvalue weighted by molar-refractivity contribution is -0.113. The SMILES string of the molecule is O=C(CSc1ccc(NC(=O)c2ccc(Cl)cc2Cl)cc1)Nc1ccc(C(=O)O)cc1. The molecule has 3 rings (SSSR count). The molecule has 3 aromatic carbocycles. The Kier molecular flexibility index (Phi) is 7.57. The first-order valence-electron chi connectivity index (χ1n) is 8.94. The molecule has 0 saturated carbocycles. The second-order valence-corrected chi connectivity index (χ2v) is 8.21. The van der Waals surface area contributed by atoms with Crippen LogP contribution in [0, 0.1) is 0 Å². The van der Waals surface area contributed by atoms with Crippen molar-refractivity contribution in [2.24, 2.45) is 0 Å². The van der Waals surface area contributed by atoms with Crippen molar-refractivity contribution in [1.29, 1.82) is 0 Å². The van der Waals surface area contributed by atoms with Gasteiger partial charge in [-0.2, -0.15) is 0 Å². The molecule has 0 heterocycles. The van der Waals surface area contributed by atoms with Gasteiger partial charge in [0, 0.05) is 21.3 Å². The van der Waals surface area contributed by atoms with Crippen LogP contribution in [0.5, 0.6) is 0 Å². The first kappa shape index (κ1) is 22.7. The fraction of sp³-hybridized carbons (Fsp3) is 0.0455. The predicted octanol–water partition coefficient (Wildman–Crippen LogP) is 5.67. The van der Waals surface area contributed by atoms with Gasteiger partial charge in [-0.3, -0.25) is 9.59 Å². The molecule has 0 aliphatic carbocycles. The van der Waals surface area contributed by atoms with Crippen LogP contribution in [0.1, 0.15) is 20.7 Å². The molecule has 0 spiro atoms. The molecule has 0 aliphatic heterocycles. The van der Waals surface area contributed by atoms with E-state index in [1.165, 1.54) is 42.1 Å². The number of carboxylic acid groups (broad SMARTS) is 1. The van der Waals surface area contributed by atoms with Gasteiger partial charge in [-0.1, -0.05) is 23.2 Å². The van der Waals surface area contributed by atoms with E-state index < -0.39 is 5.97 Å². The minimum Gasteiger partial charge on any atom is -0.478 e. The highest BCUT2D eigenvalue weighted by Crippen LogP contribution is 2.24. The fourth-order valence-corrected chi connectivity index (χ4v) is 3.74. The number of amides is 2. The first-order valence-corrected chi connectivity index (χ1v) is 10.7. The van der Waals surface area contributed by atoms with E-state index in [0.29, 0.717) is 22.0 Å². The molecular formula is C22H16Cl2N2O4S. The minimum atomic E-state index is -1.02. The summed E-state index contributed by atoms with van der Waals surface area (Å²) in [6.45, 7) is 0. The van der Waals surface area contributed by atoms with E-state index in [0.717, 1.165) is 4.90 Å². The van der Waals surface area contributed by atoms with Crippen LogP contribution in [-0.4, -0.2) is 28.6 Å². The molecule has 0 fully saturated rings. The van der Waals surface area contributed by atoms with Crippen LogP contribution in [0.2, 0.25) is 10.0 Å². The van der Waals surface area contributed by atoms with Crippen molar-refractivity contribution in [2.45, 2.75) is 4.90 Å². The maximum Gasteiger partial charge on any atom is 0.335 e. The molecule has 3 aromatic rings. The number of thioether (sulfide) groups is 1. The number of halogens is 2. The molecule has 0 unspecified atom stereocenters. The third-order valence-corrected chi connectivity index (χ3v) is 5.63. The summed E-state index contributed by atoms with van der Waals surface area (Å²) in [5.41, 5.74) is 1.58. The van der Waals surface area contributed by atoms with Crippen LogP contribution < -0.4 is 10.6 Å². The summed E-state index contributed by atoms with van der Waals surface area (Å²) in [4.78, 5) is 36.1. The van der Waals surface area contributed by atoms with E-state index in [-0.39, 0.29) is 28.2 Å². The Morgan fingerprint density at radius 3 is 2.06 bits per heavy atom. The van der Waals surface area contributed by atoms with E-state index in [1.54, 1.807) is 36.4 Å². The second kappa shape index (κ2) is 10.3.